The van der Waals surface area contributed by atoms with Crippen LogP contribution in [0.3, 0.4) is 0 Å². The summed E-state index contributed by atoms with van der Waals surface area (Å²) in [5.41, 5.74) is 1.14. The SMILES string of the molecule is Cn1nccc1CCNC(=O)CCCCBr. The van der Waals surface area contributed by atoms with Gasteiger partial charge in [-0.3, -0.25) is 9.48 Å². The first kappa shape index (κ1) is 13.2. The molecular formula is C11H18BrN3O. The van der Waals surface area contributed by atoms with Crippen LogP contribution in [-0.4, -0.2) is 27.6 Å². The highest BCUT2D eigenvalue weighted by Gasteiger charge is 2.02. The van der Waals surface area contributed by atoms with E-state index in [0.29, 0.717) is 13.0 Å². The van der Waals surface area contributed by atoms with Gasteiger partial charge >= 0.3 is 0 Å². The van der Waals surface area contributed by atoms with E-state index < -0.39 is 0 Å². The second kappa shape index (κ2) is 7.44. The van der Waals surface area contributed by atoms with Gasteiger partial charge in [0.2, 0.25) is 5.91 Å². The van der Waals surface area contributed by atoms with Crippen molar-refractivity contribution < 1.29 is 4.79 Å². The molecule has 0 spiro atoms. The van der Waals surface area contributed by atoms with Crippen molar-refractivity contribution in [1.29, 1.82) is 0 Å². The zero-order valence-electron chi connectivity index (χ0n) is 9.58. The number of alkyl halides is 1. The Morgan fingerprint density at radius 2 is 2.38 bits per heavy atom. The van der Waals surface area contributed by atoms with Crippen molar-refractivity contribution >= 4 is 21.8 Å². The molecule has 1 amide bonds. The van der Waals surface area contributed by atoms with Gasteiger partial charge in [-0.15, -0.1) is 0 Å². The predicted octanol–water partition coefficient (Wildman–Crippen LogP) is 1.64. The number of rotatable bonds is 7. The summed E-state index contributed by atoms with van der Waals surface area (Å²) < 4.78 is 1.83. The average molecular weight is 288 g/mol. The van der Waals surface area contributed by atoms with Gasteiger partial charge in [-0.05, 0) is 18.9 Å². The largest absolute Gasteiger partial charge is 0.356 e. The molecule has 1 aromatic rings. The molecule has 1 heterocycles. The Bertz CT molecular complexity index is 325. The summed E-state index contributed by atoms with van der Waals surface area (Å²) in [5, 5.41) is 7.95. The van der Waals surface area contributed by atoms with Crippen molar-refractivity contribution in [2.24, 2.45) is 7.05 Å². The lowest BCUT2D eigenvalue weighted by Gasteiger charge is -2.05. The molecule has 16 heavy (non-hydrogen) atoms. The number of carbonyl (C=O) groups excluding carboxylic acids is 1. The van der Waals surface area contributed by atoms with E-state index in [9.17, 15) is 4.79 Å². The van der Waals surface area contributed by atoms with Crippen molar-refractivity contribution in [1.82, 2.24) is 15.1 Å². The number of halogens is 1. The van der Waals surface area contributed by atoms with Crippen LogP contribution in [0.1, 0.15) is 25.0 Å². The number of nitrogens with zero attached hydrogens (tertiary/aromatic N) is 2. The van der Waals surface area contributed by atoms with Gasteiger partial charge in [0.15, 0.2) is 0 Å². The van der Waals surface area contributed by atoms with E-state index in [2.05, 4.69) is 26.3 Å². The zero-order valence-corrected chi connectivity index (χ0v) is 11.2. The number of aryl methyl sites for hydroxylation is 1. The van der Waals surface area contributed by atoms with Crippen LogP contribution >= 0.6 is 15.9 Å². The zero-order chi connectivity index (χ0) is 11.8. The molecule has 0 fully saturated rings. The first-order valence-corrected chi connectivity index (χ1v) is 6.65. The normalized spacial score (nSPS) is 10.4. The molecule has 0 aliphatic carbocycles. The van der Waals surface area contributed by atoms with E-state index in [4.69, 9.17) is 0 Å². The highest BCUT2D eigenvalue weighted by Crippen LogP contribution is 1.99. The lowest BCUT2D eigenvalue weighted by molar-refractivity contribution is -0.121. The molecule has 0 aromatic carbocycles. The van der Waals surface area contributed by atoms with Crippen LogP contribution in [-0.2, 0) is 18.3 Å². The van der Waals surface area contributed by atoms with E-state index >= 15 is 0 Å². The molecule has 0 aliphatic heterocycles. The van der Waals surface area contributed by atoms with Crippen molar-refractivity contribution in [3.8, 4) is 0 Å². The van der Waals surface area contributed by atoms with Gasteiger partial charge < -0.3 is 5.32 Å². The Hall–Kier alpha value is -0.840. The summed E-state index contributed by atoms with van der Waals surface area (Å²) in [6.07, 6.45) is 5.22. The van der Waals surface area contributed by atoms with Gasteiger partial charge in [-0.2, -0.15) is 5.10 Å². The number of nitrogens with one attached hydrogen (secondary N) is 1. The molecule has 0 saturated carbocycles. The Morgan fingerprint density at radius 1 is 1.56 bits per heavy atom. The highest BCUT2D eigenvalue weighted by atomic mass is 79.9. The topological polar surface area (TPSA) is 46.9 Å². The Morgan fingerprint density at radius 3 is 3.00 bits per heavy atom. The summed E-state index contributed by atoms with van der Waals surface area (Å²) in [6, 6.07) is 1.97. The third-order valence-corrected chi connectivity index (χ3v) is 2.97. The van der Waals surface area contributed by atoms with Crippen LogP contribution in [0.4, 0.5) is 0 Å². The molecule has 0 radical (unpaired) electrons. The predicted molar refractivity (Wildman–Crippen MR) is 67.6 cm³/mol. The van der Waals surface area contributed by atoms with Gasteiger partial charge in [0, 0.05) is 43.7 Å². The maximum atomic E-state index is 11.4. The summed E-state index contributed by atoms with van der Waals surface area (Å²) in [7, 11) is 1.91. The van der Waals surface area contributed by atoms with Crippen molar-refractivity contribution in [2.75, 3.05) is 11.9 Å². The Labute approximate surface area is 105 Å². The molecule has 0 saturated heterocycles. The number of aromatic nitrogens is 2. The average Bonchev–Trinajstić information content (AvgIpc) is 2.65. The standard InChI is InChI=1S/C11H18BrN3O/c1-15-10(6-9-14-15)5-8-13-11(16)4-2-3-7-12/h6,9H,2-5,7-8H2,1H3,(H,13,16). The van der Waals surface area contributed by atoms with Crippen LogP contribution in [0.25, 0.3) is 0 Å². The molecular weight excluding hydrogens is 270 g/mol. The molecule has 5 heteroatoms. The minimum absolute atomic E-state index is 0.142. The van der Waals surface area contributed by atoms with Gasteiger partial charge in [-0.25, -0.2) is 0 Å². The van der Waals surface area contributed by atoms with Gasteiger partial charge in [0.1, 0.15) is 0 Å². The maximum Gasteiger partial charge on any atom is 0.220 e. The molecule has 4 nitrogen and oxygen atoms in total. The third-order valence-electron chi connectivity index (χ3n) is 2.41. The molecule has 1 N–H and O–H groups in total. The van der Waals surface area contributed by atoms with E-state index in [1.165, 1.54) is 0 Å². The molecule has 0 bridgehead atoms. The first-order chi connectivity index (χ1) is 7.74. The minimum atomic E-state index is 0.142. The van der Waals surface area contributed by atoms with E-state index in [-0.39, 0.29) is 5.91 Å². The summed E-state index contributed by atoms with van der Waals surface area (Å²) in [4.78, 5) is 11.4. The minimum Gasteiger partial charge on any atom is -0.356 e. The maximum absolute atomic E-state index is 11.4. The van der Waals surface area contributed by atoms with Crippen LogP contribution in [0.5, 0.6) is 0 Å². The molecule has 0 unspecified atom stereocenters. The molecule has 1 aromatic heterocycles. The Kier molecular flexibility index (Phi) is 6.15. The second-order valence-electron chi connectivity index (χ2n) is 3.69. The number of hydrogen-bond acceptors (Lipinski definition) is 2. The molecule has 90 valence electrons. The highest BCUT2D eigenvalue weighted by molar-refractivity contribution is 9.09. The van der Waals surface area contributed by atoms with Crippen molar-refractivity contribution in [3.05, 3.63) is 18.0 Å². The van der Waals surface area contributed by atoms with E-state index in [1.54, 1.807) is 6.20 Å². The summed E-state index contributed by atoms with van der Waals surface area (Å²) in [6.45, 7) is 0.687. The fourth-order valence-corrected chi connectivity index (χ4v) is 1.84. The quantitative estimate of drug-likeness (QED) is 0.612. The third kappa shape index (κ3) is 4.79. The first-order valence-electron chi connectivity index (χ1n) is 5.53. The number of carbonyl (C=O) groups is 1. The number of unbranched alkanes of at least 4 members (excludes halogenated alkanes) is 1. The fraction of sp³-hybridized carbons (Fsp3) is 0.636. The van der Waals surface area contributed by atoms with E-state index in [1.807, 2.05) is 17.8 Å². The lowest BCUT2D eigenvalue weighted by Crippen LogP contribution is -2.25. The number of hydrogen-bond donors (Lipinski definition) is 1. The van der Waals surface area contributed by atoms with Crippen LogP contribution in [0.15, 0.2) is 12.3 Å². The van der Waals surface area contributed by atoms with Gasteiger partial charge in [-0.1, -0.05) is 15.9 Å². The van der Waals surface area contributed by atoms with Gasteiger partial charge in [0.05, 0.1) is 0 Å². The van der Waals surface area contributed by atoms with E-state index in [0.717, 1.165) is 30.3 Å². The smallest absolute Gasteiger partial charge is 0.220 e. The second-order valence-corrected chi connectivity index (χ2v) is 4.49. The van der Waals surface area contributed by atoms with Crippen LogP contribution in [0.2, 0.25) is 0 Å². The molecule has 0 aliphatic rings. The Balaban J connectivity index is 2.11. The van der Waals surface area contributed by atoms with Crippen molar-refractivity contribution in [2.45, 2.75) is 25.7 Å². The number of amides is 1. The molecule has 0 atom stereocenters. The molecule has 1 rings (SSSR count). The lowest BCUT2D eigenvalue weighted by atomic mass is 10.2. The monoisotopic (exact) mass is 287 g/mol. The van der Waals surface area contributed by atoms with Crippen LogP contribution < -0.4 is 5.32 Å². The van der Waals surface area contributed by atoms with Gasteiger partial charge in [0.25, 0.3) is 0 Å². The summed E-state index contributed by atoms with van der Waals surface area (Å²) in [5.74, 6) is 0.142. The van der Waals surface area contributed by atoms with Crippen molar-refractivity contribution in [3.63, 3.8) is 0 Å². The summed E-state index contributed by atoms with van der Waals surface area (Å²) >= 11 is 3.34. The fourth-order valence-electron chi connectivity index (χ4n) is 1.44. The van der Waals surface area contributed by atoms with Crippen LogP contribution in [0, 0.1) is 0 Å².